The molecule has 0 spiro atoms. The molecule has 0 aromatic heterocycles. The van der Waals surface area contributed by atoms with Gasteiger partial charge in [-0.25, -0.2) is 0 Å². The van der Waals surface area contributed by atoms with Crippen molar-refractivity contribution in [2.24, 2.45) is 17.2 Å². The minimum Gasteiger partial charge on any atom is -0.329 e. The molecule has 4 nitrogen and oxygen atoms in total. The molecule has 0 heterocycles. The van der Waals surface area contributed by atoms with Crippen LogP contribution in [0, 0.1) is 0 Å². The Labute approximate surface area is 86.6 Å². The quantitative estimate of drug-likeness (QED) is 0.535. The maximum absolute atomic E-state index is 5.37. The van der Waals surface area contributed by atoms with Crippen molar-refractivity contribution in [3.63, 3.8) is 0 Å². The third kappa shape index (κ3) is 10.4. The molecular formula is C6H20Cl2N4. The van der Waals surface area contributed by atoms with Crippen LogP contribution < -0.4 is 17.2 Å². The van der Waals surface area contributed by atoms with E-state index >= 15 is 0 Å². The van der Waals surface area contributed by atoms with Crippen LogP contribution in [0.15, 0.2) is 0 Å². The van der Waals surface area contributed by atoms with Gasteiger partial charge in [0.05, 0.1) is 0 Å². The Kier molecular flexibility index (Phi) is 21.3. The summed E-state index contributed by atoms with van der Waals surface area (Å²) in [6.45, 7) is 4.73. The van der Waals surface area contributed by atoms with Gasteiger partial charge in [-0.05, 0) is 0 Å². The van der Waals surface area contributed by atoms with Crippen molar-refractivity contribution >= 4 is 24.8 Å². The first-order valence-corrected chi connectivity index (χ1v) is 3.67. The minimum absolute atomic E-state index is 0. The Morgan fingerprint density at radius 2 is 0.917 bits per heavy atom. The fraction of sp³-hybridized carbons (Fsp3) is 1.00. The van der Waals surface area contributed by atoms with Gasteiger partial charge in [0.15, 0.2) is 0 Å². The SMILES string of the molecule is Cl.Cl.NCCN(CCN)CCN. The van der Waals surface area contributed by atoms with Gasteiger partial charge in [-0.15, -0.1) is 24.8 Å². The van der Waals surface area contributed by atoms with Crippen molar-refractivity contribution in [1.82, 2.24) is 4.90 Å². The molecule has 0 aromatic rings. The lowest BCUT2D eigenvalue weighted by Crippen LogP contribution is -2.37. The van der Waals surface area contributed by atoms with Crippen LogP contribution in [0.4, 0.5) is 0 Å². The smallest absolute Gasteiger partial charge is 0.0106 e. The number of nitrogens with two attached hydrogens (primary N) is 3. The summed E-state index contributed by atoms with van der Waals surface area (Å²) < 4.78 is 0. The molecular weight excluding hydrogens is 199 g/mol. The molecule has 0 aliphatic rings. The molecule has 0 saturated heterocycles. The van der Waals surface area contributed by atoms with Crippen molar-refractivity contribution in [1.29, 1.82) is 0 Å². The van der Waals surface area contributed by atoms with E-state index in [1.54, 1.807) is 0 Å². The molecule has 0 fully saturated rings. The Morgan fingerprint density at radius 1 is 0.667 bits per heavy atom. The third-order valence-corrected chi connectivity index (χ3v) is 1.34. The summed E-state index contributed by atoms with van der Waals surface area (Å²) in [4.78, 5) is 2.17. The summed E-state index contributed by atoms with van der Waals surface area (Å²) in [7, 11) is 0. The Hall–Kier alpha value is 0.420. The van der Waals surface area contributed by atoms with E-state index in [4.69, 9.17) is 17.2 Å². The van der Waals surface area contributed by atoms with Gasteiger partial charge in [-0.1, -0.05) is 0 Å². The van der Waals surface area contributed by atoms with Gasteiger partial charge in [0, 0.05) is 39.3 Å². The van der Waals surface area contributed by atoms with Crippen molar-refractivity contribution in [3.8, 4) is 0 Å². The van der Waals surface area contributed by atoms with Crippen molar-refractivity contribution in [2.45, 2.75) is 0 Å². The molecule has 0 aliphatic heterocycles. The van der Waals surface area contributed by atoms with Crippen LogP contribution in [0.2, 0.25) is 0 Å². The summed E-state index contributed by atoms with van der Waals surface area (Å²) in [6, 6.07) is 0. The largest absolute Gasteiger partial charge is 0.329 e. The Morgan fingerprint density at radius 3 is 1.08 bits per heavy atom. The second-order valence-corrected chi connectivity index (χ2v) is 2.21. The average molecular weight is 219 g/mol. The zero-order valence-corrected chi connectivity index (χ0v) is 8.87. The van der Waals surface area contributed by atoms with Gasteiger partial charge >= 0.3 is 0 Å². The van der Waals surface area contributed by atoms with E-state index in [0.717, 1.165) is 19.6 Å². The van der Waals surface area contributed by atoms with Crippen LogP contribution >= 0.6 is 24.8 Å². The minimum atomic E-state index is 0. The fourth-order valence-corrected chi connectivity index (χ4v) is 0.883. The zero-order valence-electron chi connectivity index (χ0n) is 7.24. The highest BCUT2D eigenvalue weighted by atomic mass is 35.5. The van der Waals surface area contributed by atoms with E-state index in [9.17, 15) is 0 Å². The van der Waals surface area contributed by atoms with Crippen LogP contribution in [0.25, 0.3) is 0 Å². The van der Waals surface area contributed by atoms with E-state index in [2.05, 4.69) is 4.90 Å². The predicted octanol–water partition coefficient (Wildman–Crippen LogP) is -0.992. The molecule has 0 atom stereocenters. The van der Waals surface area contributed by atoms with E-state index < -0.39 is 0 Å². The number of hydrogen-bond acceptors (Lipinski definition) is 4. The highest BCUT2D eigenvalue weighted by molar-refractivity contribution is 5.85. The summed E-state index contributed by atoms with van der Waals surface area (Å²) in [5.41, 5.74) is 16.1. The van der Waals surface area contributed by atoms with E-state index in [1.807, 2.05) is 0 Å². The number of rotatable bonds is 6. The Balaban J connectivity index is -0.000000405. The highest BCUT2D eigenvalue weighted by Gasteiger charge is 1.98. The summed E-state index contributed by atoms with van der Waals surface area (Å²) in [6.07, 6.45) is 0. The number of halogens is 2. The van der Waals surface area contributed by atoms with Gasteiger partial charge in [0.1, 0.15) is 0 Å². The van der Waals surface area contributed by atoms with Crippen LogP contribution in [0.5, 0.6) is 0 Å². The maximum atomic E-state index is 5.37. The molecule has 0 saturated carbocycles. The van der Waals surface area contributed by atoms with Crippen LogP contribution in [0.3, 0.4) is 0 Å². The van der Waals surface area contributed by atoms with Gasteiger partial charge in [0.2, 0.25) is 0 Å². The number of hydrogen-bond donors (Lipinski definition) is 3. The van der Waals surface area contributed by atoms with Crippen LogP contribution in [-0.4, -0.2) is 44.2 Å². The zero-order chi connectivity index (χ0) is 7.82. The maximum Gasteiger partial charge on any atom is 0.0106 e. The summed E-state index contributed by atoms with van der Waals surface area (Å²) in [5, 5.41) is 0. The average Bonchev–Trinajstić information content (AvgIpc) is 1.90. The van der Waals surface area contributed by atoms with E-state index in [0.29, 0.717) is 19.6 Å². The molecule has 6 N–H and O–H groups in total. The molecule has 0 rings (SSSR count). The lowest BCUT2D eigenvalue weighted by atomic mass is 10.4. The molecule has 12 heavy (non-hydrogen) atoms. The normalized spacial score (nSPS) is 9.00. The lowest BCUT2D eigenvalue weighted by Gasteiger charge is -2.18. The first-order chi connectivity index (χ1) is 4.85. The molecule has 78 valence electrons. The lowest BCUT2D eigenvalue weighted by molar-refractivity contribution is 0.297. The summed E-state index contributed by atoms with van der Waals surface area (Å²) in [5.74, 6) is 0. The molecule has 0 unspecified atom stereocenters. The summed E-state index contributed by atoms with van der Waals surface area (Å²) >= 11 is 0. The number of nitrogens with zero attached hydrogens (tertiary/aromatic N) is 1. The first kappa shape index (κ1) is 18.3. The van der Waals surface area contributed by atoms with Crippen LogP contribution in [-0.2, 0) is 0 Å². The van der Waals surface area contributed by atoms with E-state index in [-0.39, 0.29) is 24.8 Å². The van der Waals surface area contributed by atoms with Gasteiger partial charge in [0.25, 0.3) is 0 Å². The second-order valence-electron chi connectivity index (χ2n) is 2.21. The molecule has 0 bridgehead atoms. The monoisotopic (exact) mass is 218 g/mol. The van der Waals surface area contributed by atoms with Gasteiger partial charge in [-0.3, -0.25) is 4.90 Å². The molecule has 0 aliphatic carbocycles. The van der Waals surface area contributed by atoms with Gasteiger partial charge in [-0.2, -0.15) is 0 Å². The van der Waals surface area contributed by atoms with Gasteiger partial charge < -0.3 is 17.2 Å². The second kappa shape index (κ2) is 14.0. The molecule has 0 amide bonds. The van der Waals surface area contributed by atoms with Crippen molar-refractivity contribution in [2.75, 3.05) is 39.3 Å². The fourth-order valence-electron chi connectivity index (χ4n) is 0.883. The first-order valence-electron chi connectivity index (χ1n) is 3.67. The standard InChI is InChI=1S/C6H18N4.2ClH/c7-1-4-10(5-2-8)6-3-9;;/h1-9H2;2*1H. The third-order valence-electron chi connectivity index (χ3n) is 1.34. The molecule has 0 aromatic carbocycles. The topological polar surface area (TPSA) is 81.3 Å². The highest BCUT2D eigenvalue weighted by Crippen LogP contribution is 1.81. The van der Waals surface area contributed by atoms with Crippen LogP contribution in [0.1, 0.15) is 0 Å². The van der Waals surface area contributed by atoms with Crippen molar-refractivity contribution in [3.05, 3.63) is 0 Å². The van der Waals surface area contributed by atoms with E-state index in [1.165, 1.54) is 0 Å². The molecule has 0 radical (unpaired) electrons. The Bertz CT molecular complexity index is 60.3. The molecule has 6 heteroatoms. The predicted molar refractivity (Wildman–Crippen MR) is 58.1 cm³/mol. The van der Waals surface area contributed by atoms with Crippen molar-refractivity contribution < 1.29 is 0 Å².